The van der Waals surface area contributed by atoms with Crippen LogP contribution in [-0.4, -0.2) is 20.2 Å². The number of nitrogens with one attached hydrogen (secondary N) is 2. The fourth-order valence-electron chi connectivity index (χ4n) is 1.74. The molecule has 0 amide bonds. The van der Waals surface area contributed by atoms with E-state index in [9.17, 15) is 0 Å². The smallest absolute Gasteiger partial charge is 0.199 e. The maximum atomic E-state index is 5.84. The summed E-state index contributed by atoms with van der Waals surface area (Å²) in [6, 6.07) is 13.1. The van der Waals surface area contributed by atoms with Gasteiger partial charge in [0.1, 0.15) is 11.5 Å². The van der Waals surface area contributed by atoms with Crippen molar-refractivity contribution in [2.24, 2.45) is 0 Å². The lowest BCUT2D eigenvalue weighted by Gasteiger charge is -2.03. The van der Waals surface area contributed by atoms with Crippen LogP contribution in [0.1, 0.15) is 5.82 Å². The summed E-state index contributed by atoms with van der Waals surface area (Å²) in [5.41, 5.74) is 1.73. The number of rotatable bonds is 4. The number of aromatic nitrogens is 4. The molecule has 0 aliphatic carbocycles. The molecule has 3 aromatic rings. The van der Waals surface area contributed by atoms with Gasteiger partial charge in [-0.05, 0) is 36.4 Å². The summed E-state index contributed by atoms with van der Waals surface area (Å²) in [7, 11) is 0. The van der Waals surface area contributed by atoms with Crippen LogP contribution in [0, 0.1) is 0 Å². The standard InChI is InChI=1S/C14H12ClN5/c15-10-4-6-11(7-5-10)17-9-13-18-14(20-19-13)12-3-1-2-8-16-12/h1-8,17H,9H2,(H,18,19,20). The molecule has 2 heterocycles. The zero-order valence-electron chi connectivity index (χ0n) is 10.5. The van der Waals surface area contributed by atoms with Crippen molar-refractivity contribution in [1.29, 1.82) is 0 Å². The minimum absolute atomic E-state index is 0.557. The van der Waals surface area contributed by atoms with Gasteiger partial charge in [-0.2, -0.15) is 5.10 Å². The molecule has 0 saturated carbocycles. The SMILES string of the molecule is Clc1ccc(NCc2nc(-c3ccccn3)n[nH]2)cc1. The summed E-state index contributed by atoms with van der Waals surface area (Å²) in [5.74, 6) is 1.35. The van der Waals surface area contributed by atoms with E-state index in [1.54, 1.807) is 6.20 Å². The van der Waals surface area contributed by atoms with Gasteiger partial charge in [0.2, 0.25) is 0 Å². The Kier molecular flexibility index (Phi) is 3.60. The van der Waals surface area contributed by atoms with Crippen molar-refractivity contribution in [2.75, 3.05) is 5.32 Å². The first-order valence-corrected chi connectivity index (χ1v) is 6.51. The van der Waals surface area contributed by atoms with Crippen LogP contribution < -0.4 is 5.32 Å². The molecule has 1 aromatic carbocycles. The Morgan fingerprint density at radius 3 is 2.70 bits per heavy atom. The van der Waals surface area contributed by atoms with Crippen molar-refractivity contribution in [3.63, 3.8) is 0 Å². The normalized spacial score (nSPS) is 10.4. The van der Waals surface area contributed by atoms with Gasteiger partial charge in [0, 0.05) is 16.9 Å². The minimum atomic E-state index is 0.557. The van der Waals surface area contributed by atoms with E-state index >= 15 is 0 Å². The molecule has 0 radical (unpaired) electrons. The average Bonchev–Trinajstić information content (AvgIpc) is 2.97. The number of H-pyrrole nitrogens is 1. The van der Waals surface area contributed by atoms with E-state index in [4.69, 9.17) is 11.6 Å². The van der Waals surface area contributed by atoms with E-state index in [-0.39, 0.29) is 0 Å². The van der Waals surface area contributed by atoms with Crippen LogP contribution in [0.5, 0.6) is 0 Å². The maximum absolute atomic E-state index is 5.84. The van der Waals surface area contributed by atoms with Crippen molar-refractivity contribution in [2.45, 2.75) is 6.54 Å². The van der Waals surface area contributed by atoms with E-state index in [1.165, 1.54) is 0 Å². The first kappa shape index (κ1) is 12.6. The highest BCUT2D eigenvalue weighted by molar-refractivity contribution is 6.30. The quantitative estimate of drug-likeness (QED) is 0.773. The van der Waals surface area contributed by atoms with E-state index < -0.39 is 0 Å². The van der Waals surface area contributed by atoms with Crippen molar-refractivity contribution in [3.8, 4) is 11.5 Å². The Bertz CT molecular complexity index is 678. The highest BCUT2D eigenvalue weighted by Gasteiger charge is 2.06. The molecule has 3 rings (SSSR count). The lowest BCUT2D eigenvalue weighted by atomic mass is 10.3. The number of hydrogen-bond acceptors (Lipinski definition) is 4. The largest absolute Gasteiger partial charge is 0.378 e. The van der Waals surface area contributed by atoms with Gasteiger partial charge in [0.15, 0.2) is 5.82 Å². The third kappa shape index (κ3) is 2.95. The summed E-state index contributed by atoms with van der Waals surface area (Å²) in [4.78, 5) is 8.61. The molecule has 6 heteroatoms. The summed E-state index contributed by atoms with van der Waals surface area (Å²) >= 11 is 5.84. The van der Waals surface area contributed by atoms with Gasteiger partial charge in [-0.1, -0.05) is 17.7 Å². The summed E-state index contributed by atoms with van der Waals surface area (Å²) in [6.07, 6.45) is 1.72. The number of aromatic amines is 1. The van der Waals surface area contributed by atoms with E-state index in [1.807, 2.05) is 42.5 Å². The van der Waals surface area contributed by atoms with Crippen LogP contribution in [-0.2, 0) is 6.54 Å². The summed E-state index contributed by atoms with van der Waals surface area (Å²) in [6.45, 7) is 0.557. The predicted molar refractivity (Wildman–Crippen MR) is 78.4 cm³/mol. The average molecular weight is 286 g/mol. The predicted octanol–water partition coefficient (Wildman–Crippen LogP) is 3.13. The van der Waals surface area contributed by atoms with E-state index in [0.717, 1.165) is 17.2 Å². The second kappa shape index (κ2) is 5.71. The van der Waals surface area contributed by atoms with Gasteiger partial charge in [0.05, 0.1) is 6.54 Å². The van der Waals surface area contributed by atoms with Crippen LogP contribution >= 0.6 is 11.6 Å². The first-order chi connectivity index (χ1) is 9.81. The van der Waals surface area contributed by atoms with E-state index in [0.29, 0.717) is 17.4 Å². The molecule has 100 valence electrons. The van der Waals surface area contributed by atoms with Gasteiger partial charge in [0.25, 0.3) is 0 Å². The molecule has 0 atom stereocenters. The van der Waals surface area contributed by atoms with Crippen LogP contribution in [0.3, 0.4) is 0 Å². The van der Waals surface area contributed by atoms with Crippen LogP contribution in [0.15, 0.2) is 48.7 Å². The van der Waals surface area contributed by atoms with Gasteiger partial charge in [-0.3, -0.25) is 10.1 Å². The monoisotopic (exact) mass is 285 g/mol. The van der Waals surface area contributed by atoms with Gasteiger partial charge in [-0.15, -0.1) is 0 Å². The number of nitrogens with zero attached hydrogens (tertiary/aromatic N) is 3. The molecular weight excluding hydrogens is 274 g/mol. The molecule has 20 heavy (non-hydrogen) atoms. The lowest BCUT2D eigenvalue weighted by molar-refractivity contribution is 0.955. The Balaban J connectivity index is 1.67. The Morgan fingerprint density at radius 2 is 1.95 bits per heavy atom. The minimum Gasteiger partial charge on any atom is -0.378 e. The molecule has 0 aliphatic rings. The molecular formula is C14H12ClN5. The fourth-order valence-corrected chi connectivity index (χ4v) is 1.86. The molecule has 0 aliphatic heterocycles. The first-order valence-electron chi connectivity index (χ1n) is 6.13. The highest BCUT2D eigenvalue weighted by Crippen LogP contribution is 2.14. The molecule has 0 bridgehead atoms. The number of anilines is 1. The van der Waals surface area contributed by atoms with Crippen molar-refractivity contribution in [1.82, 2.24) is 20.2 Å². The molecule has 2 aromatic heterocycles. The molecule has 0 fully saturated rings. The molecule has 2 N–H and O–H groups in total. The second-order valence-corrected chi connectivity index (χ2v) is 4.62. The third-order valence-electron chi connectivity index (χ3n) is 2.73. The molecule has 0 unspecified atom stereocenters. The second-order valence-electron chi connectivity index (χ2n) is 4.18. The van der Waals surface area contributed by atoms with Gasteiger partial charge < -0.3 is 5.32 Å². The Morgan fingerprint density at radius 1 is 1.10 bits per heavy atom. The number of hydrogen-bond donors (Lipinski definition) is 2. The van der Waals surface area contributed by atoms with Crippen molar-refractivity contribution >= 4 is 17.3 Å². The molecule has 5 nitrogen and oxygen atoms in total. The van der Waals surface area contributed by atoms with Gasteiger partial charge in [-0.25, -0.2) is 4.98 Å². The summed E-state index contributed by atoms with van der Waals surface area (Å²) in [5, 5.41) is 11.0. The zero-order valence-corrected chi connectivity index (χ0v) is 11.3. The highest BCUT2D eigenvalue weighted by atomic mass is 35.5. The zero-order chi connectivity index (χ0) is 13.8. The van der Waals surface area contributed by atoms with Crippen molar-refractivity contribution in [3.05, 3.63) is 59.5 Å². The molecule has 0 saturated heterocycles. The Labute approximate surface area is 121 Å². The van der Waals surface area contributed by atoms with Crippen LogP contribution in [0.2, 0.25) is 5.02 Å². The maximum Gasteiger partial charge on any atom is 0.199 e. The van der Waals surface area contributed by atoms with Gasteiger partial charge >= 0.3 is 0 Å². The lowest BCUT2D eigenvalue weighted by Crippen LogP contribution is -2.01. The Hall–Kier alpha value is -2.40. The summed E-state index contributed by atoms with van der Waals surface area (Å²) < 4.78 is 0. The fraction of sp³-hybridized carbons (Fsp3) is 0.0714. The van der Waals surface area contributed by atoms with E-state index in [2.05, 4.69) is 25.5 Å². The van der Waals surface area contributed by atoms with Crippen LogP contribution in [0.25, 0.3) is 11.5 Å². The van der Waals surface area contributed by atoms with Crippen molar-refractivity contribution < 1.29 is 0 Å². The topological polar surface area (TPSA) is 66.5 Å². The number of halogens is 1. The number of pyridine rings is 1. The number of benzene rings is 1. The van der Waals surface area contributed by atoms with Crippen LogP contribution in [0.4, 0.5) is 5.69 Å². The molecule has 0 spiro atoms. The third-order valence-corrected chi connectivity index (χ3v) is 2.98.